The molecule has 0 saturated carbocycles. The Balaban J connectivity index is 1.27. The summed E-state index contributed by atoms with van der Waals surface area (Å²) in [6.07, 6.45) is 0. The third-order valence-corrected chi connectivity index (χ3v) is 9.72. The van der Waals surface area contributed by atoms with Crippen molar-refractivity contribution < 1.29 is 25.0 Å². The van der Waals surface area contributed by atoms with E-state index < -0.39 is 107 Å². The largest absolute Gasteiger partial charge is 0.455 e. The zero-order chi connectivity index (χ0) is 46.5. The predicted octanol–water partition coefficient (Wildman–Crippen LogP) is 14.4. The molecule has 51 heavy (non-hydrogen) atoms. The maximum absolute atomic E-state index is 9.49. The van der Waals surface area contributed by atoms with Gasteiger partial charge in [0.05, 0.1) is 20.6 Å². The van der Waals surface area contributed by atoms with E-state index >= 15 is 0 Å². The Bertz CT molecular complexity index is 3980. The van der Waals surface area contributed by atoms with Gasteiger partial charge in [0.25, 0.3) is 0 Å². The first-order valence-electron chi connectivity index (χ1n) is 23.9. The van der Waals surface area contributed by atoms with Crippen molar-refractivity contribution in [3.05, 3.63) is 182 Å². The van der Waals surface area contributed by atoms with Gasteiger partial charge in [-0.25, -0.2) is 0 Å². The fraction of sp³-hybridized carbons (Fsp3) is 0. The Kier molecular flexibility index (Phi) is 3.70. The van der Waals surface area contributed by atoms with Gasteiger partial charge in [0.2, 0.25) is 0 Å². The molecule has 0 saturated heterocycles. The number of hydrogen-bond donors (Lipinski definition) is 0. The number of fused-ring (bicyclic) bond motifs is 9. The van der Waals surface area contributed by atoms with Crippen LogP contribution < -0.4 is 0 Å². The van der Waals surface area contributed by atoms with Crippen molar-refractivity contribution in [1.29, 1.82) is 0 Å². The van der Waals surface area contributed by atoms with Crippen molar-refractivity contribution in [3.8, 4) is 33.4 Å². The highest BCUT2D eigenvalue weighted by atomic mass is 16.3. The molecule has 1 aromatic heterocycles. The normalized spacial score (nSPS) is 16.0. The molecule has 1 nitrogen and oxygen atoms in total. The standard InChI is InChI=1S/C50H30O/c1-2-13-33-29-35(24-23-31(33)11-1)47-41-16-5-7-18-43(41)48(44-19-8-6-17-42(44)47)36-26-27-37-34(30-36)14-9-20-39(37)40-21-10-22-46-49(40)45-28-25-32-12-3-4-15-38(32)50(45)51-46/h1-30H/i1D,2D,5D,6D,7D,8D,11D,13D,16D,17D,18D,19D,23D,24D,29D. The third kappa shape index (κ3) is 4.22. The van der Waals surface area contributed by atoms with Crippen molar-refractivity contribution in [3.63, 3.8) is 0 Å². The molecule has 10 aromatic carbocycles. The Hall–Kier alpha value is -6.70. The molecule has 0 aliphatic carbocycles. The van der Waals surface area contributed by atoms with Crippen molar-refractivity contribution in [1.82, 2.24) is 0 Å². The zero-order valence-electron chi connectivity index (χ0n) is 41.6. The van der Waals surface area contributed by atoms with Gasteiger partial charge in [-0.1, -0.05) is 157 Å². The van der Waals surface area contributed by atoms with Gasteiger partial charge >= 0.3 is 0 Å². The van der Waals surface area contributed by atoms with E-state index in [0.29, 0.717) is 16.5 Å². The molecule has 0 aliphatic heterocycles. The van der Waals surface area contributed by atoms with Gasteiger partial charge in [-0.3, -0.25) is 0 Å². The molecule has 11 rings (SSSR count). The van der Waals surface area contributed by atoms with Crippen LogP contribution in [0.5, 0.6) is 0 Å². The van der Waals surface area contributed by atoms with Gasteiger partial charge in [0.1, 0.15) is 11.2 Å². The maximum Gasteiger partial charge on any atom is 0.143 e. The number of rotatable bonds is 3. The topological polar surface area (TPSA) is 13.1 Å². The molecule has 11 aromatic rings. The van der Waals surface area contributed by atoms with E-state index in [-0.39, 0.29) is 32.7 Å². The molecule has 0 amide bonds. The molecule has 0 aliphatic rings. The first kappa shape index (κ1) is 17.3. The van der Waals surface area contributed by atoms with Gasteiger partial charge in [-0.05, 0) is 106 Å². The molecule has 0 N–H and O–H groups in total. The van der Waals surface area contributed by atoms with Crippen LogP contribution in [0.15, 0.2) is 186 Å². The van der Waals surface area contributed by atoms with E-state index in [4.69, 9.17) is 16.8 Å². The minimum Gasteiger partial charge on any atom is -0.455 e. The fourth-order valence-corrected chi connectivity index (χ4v) is 7.52. The van der Waals surface area contributed by atoms with Crippen molar-refractivity contribution in [2.24, 2.45) is 0 Å². The van der Waals surface area contributed by atoms with Crippen LogP contribution in [-0.4, -0.2) is 0 Å². The second kappa shape index (κ2) is 10.9. The summed E-state index contributed by atoms with van der Waals surface area (Å²) in [7, 11) is 0. The average molecular weight is 662 g/mol. The molecular weight excluding hydrogens is 617 g/mol. The summed E-state index contributed by atoms with van der Waals surface area (Å²) in [6.45, 7) is 0. The summed E-state index contributed by atoms with van der Waals surface area (Å²) in [5.41, 5.74) is 2.73. The van der Waals surface area contributed by atoms with E-state index in [9.17, 15) is 8.22 Å². The van der Waals surface area contributed by atoms with Crippen LogP contribution in [0.3, 0.4) is 0 Å². The molecule has 0 unspecified atom stereocenters. The van der Waals surface area contributed by atoms with Crippen LogP contribution in [-0.2, 0) is 0 Å². The van der Waals surface area contributed by atoms with Crippen LogP contribution in [0.1, 0.15) is 20.6 Å². The number of hydrogen-bond acceptors (Lipinski definition) is 1. The average Bonchev–Trinajstić information content (AvgIpc) is 3.72. The van der Waals surface area contributed by atoms with Crippen LogP contribution >= 0.6 is 0 Å². The highest BCUT2D eigenvalue weighted by Gasteiger charge is 2.19. The molecule has 0 bridgehead atoms. The van der Waals surface area contributed by atoms with E-state index in [1.54, 1.807) is 12.1 Å². The fourth-order valence-electron chi connectivity index (χ4n) is 7.52. The molecule has 0 radical (unpaired) electrons. The van der Waals surface area contributed by atoms with Gasteiger partial charge in [0.15, 0.2) is 0 Å². The smallest absolute Gasteiger partial charge is 0.143 e. The molecule has 1 heteroatoms. The SMILES string of the molecule is [2H]c1c([2H])c([2H])c2c([2H])c(-c3c4c([2H])c([2H])c([2H])c([2H])c4c(-c4ccc5c(-c6cccc7oc8c9ccccc9ccc8c67)cccc5c4)c4c([2H])c([2H])c([2H])c([2H])c34)c([2H])c([2H])c2c1[2H]. The second-order valence-electron chi connectivity index (χ2n) is 12.4. The van der Waals surface area contributed by atoms with Crippen LogP contribution in [0.2, 0.25) is 0 Å². The van der Waals surface area contributed by atoms with Gasteiger partial charge in [0, 0.05) is 16.2 Å². The molecule has 1 heterocycles. The summed E-state index contributed by atoms with van der Waals surface area (Å²) in [5, 5.41) is 3.59. The third-order valence-electron chi connectivity index (χ3n) is 9.72. The Labute approximate surface area is 315 Å². The van der Waals surface area contributed by atoms with Gasteiger partial charge in [-0.15, -0.1) is 0 Å². The molecule has 0 atom stereocenters. The second-order valence-corrected chi connectivity index (χ2v) is 12.4. The van der Waals surface area contributed by atoms with Crippen molar-refractivity contribution >= 4 is 75.8 Å². The van der Waals surface area contributed by atoms with E-state index in [0.717, 1.165) is 43.6 Å². The highest BCUT2D eigenvalue weighted by molar-refractivity contribution is 6.23. The molecule has 0 fully saturated rings. The number of benzene rings is 10. The van der Waals surface area contributed by atoms with Crippen LogP contribution in [0, 0.1) is 0 Å². The Morgan fingerprint density at radius 3 is 1.84 bits per heavy atom. The summed E-state index contributed by atoms with van der Waals surface area (Å²) in [5.74, 6) is 0. The van der Waals surface area contributed by atoms with Crippen LogP contribution in [0.4, 0.5) is 0 Å². The highest BCUT2D eigenvalue weighted by Crippen LogP contribution is 2.46. The lowest BCUT2D eigenvalue weighted by atomic mass is 9.85. The number of furan rings is 1. The minimum absolute atomic E-state index is 0.0386. The molecule has 236 valence electrons. The van der Waals surface area contributed by atoms with E-state index in [1.807, 2.05) is 66.7 Å². The Morgan fingerprint density at radius 2 is 1.04 bits per heavy atom. The summed E-state index contributed by atoms with van der Waals surface area (Å²) < 4.78 is 141. The monoisotopic (exact) mass is 661 g/mol. The van der Waals surface area contributed by atoms with Crippen molar-refractivity contribution in [2.45, 2.75) is 0 Å². The lowest BCUT2D eigenvalue weighted by molar-refractivity contribution is 0.673. The summed E-state index contributed by atoms with van der Waals surface area (Å²) in [6, 6.07) is 19.1. The first-order chi connectivity index (χ1) is 31.5. The summed E-state index contributed by atoms with van der Waals surface area (Å²) in [4.78, 5) is 0. The Morgan fingerprint density at radius 1 is 0.392 bits per heavy atom. The maximum atomic E-state index is 9.49. The summed E-state index contributed by atoms with van der Waals surface area (Å²) >= 11 is 0. The first-order valence-corrected chi connectivity index (χ1v) is 16.4. The van der Waals surface area contributed by atoms with Crippen LogP contribution in [0.25, 0.3) is 109 Å². The molecular formula is C50H30O. The predicted molar refractivity (Wildman–Crippen MR) is 218 cm³/mol. The lowest BCUT2D eigenvalue weighted by Gasteiger charge is -2.18. The lowest BCUT2D eigenvalue weighted by Crippen LogP contribution is -1.91. The zero-order valence-corrected chi connectivity index (χ0v) is 26.6. The minimum atomic E-state index is -0.737. The van der Waals surface area contributed by atoms with Crippen molar-refractivity contribution in [2.75, 3.05) is 0 Å². The van der Waals surface area contributed by atoms with Gasteiger partial charge in [-0.2, -0.15) is 0 Å². The molecule has 0 spiro atoms. The quantitative estimate of drug-likeness (QED) is 0.172. The van der Waals surface area contributed by atoms with E-state index in [2.05, 4.69) is 12.1 Å². The van der Waals surface area contributed by atoms with Gasteiger partial charge < -0.3 is 4.42 Å². The van der Waals surface area contributed by atoms with E-state index in [1.165, 1.54) is 0 Å².